The van der Waals surface area contributed by atoms with Crippen molar-refractivity contribution < 1.29 is 4.79 Å². The predicted molar refractivity (Wildman–Crippen MR) is 51.5 cm³/mol. The molecule has 2 saturated heterocycles. The third kappa shape index (κ3) is 1.17. The molecule has 2 rings (SSSR count). The Morgan fingerprint density at radius 3 is 2.46 bits per heavy atom. The summed E-state index contributed by atoms with van der Waals surface area (Å²) in [6, 6.07) is 0. The quantitative estimate of drug-likeness (QED) is 0.550. The molecule has 3 heteroatoms. The summed E-state index contributed by atoms with van der Waals surface area (Å²) in [5.41, 5.74) is -0.118. The molecule has 1 atom stereocenters. The Bertz CT molecular complexity index is 225. The van der Waals surface area contributed by atoms with Crippen LogP contribution in [0.4, 0.5) is 0 Å². The number of rotatable bonds is 0. The summed E-state index contributed by atoms with van der Waals surface area (Å²) in [4.78, 5) is 16.1. The van der Waals surface area contributed by atoms with Gasteiger partial charge in [-0.25, -0.2) is 0 Å². The third-order valence-corrected chi connectivity index (χ3v) is 3.67. The molecule has 1 unspecified atom stereocenters. The number of hydrogen-bond acceptors (Lipinski definition) is 2. The number of likely N-dealkylation sites (tertiary alicyclic amines) is 2. The molecule has 1 amide bonds. The van der Waals surface area contributed by atoms with Gasteiger partial charge in [0.1, 0.15) is 5.54 Å². The molecular formula is C10H18N2O. The number of carbonyl (C=O) groups is 1. The second kappa shape index (κ2) is 2.98. The standard InChI is InChI=1S/C10H18N2O/c1-11-8-6-10(9(11)13)5-3-4-7-12(10)2/h3-8H2,1-2H3. The monoisotopic (exact) mass is 182 g/mol. The molecule has 2 aliphatic heterocycles. The molecule has 0 aromatic rings. The van der Waals surface area contributed by atoms with Crippen molar-refractivity contribution in [3.05, 3.63) is 0 Å². The molecule has 2 aliphatic rings. The van der Waals surface area contributed by atoms with Crippen LogP contribution in [0.5, 0.6) is 0 Å². The van der Waals surface area contributed by atoms with Crippen molar-refractivity contribution >= 4 is 5.91 Å². The lowest BCUT2D eigenvalue weighted by atomic mass is 9.86. The third-order valence-electron chi connectivity index (χ3n) is 3.67. The van der Waals surface area contributed by atoms with Crippen LogP contribution in [0.3, 0.4) is 0 Å². The van der Waals surface area contributed by atoms with E-state index in [0.29, 0.717) is 5.91 Å². The minimum Gasteiger partial charge on any atom is -0.344 e. The molecule has 0 aromatic carbocycles. The van der Waals surface area contributed by atoms with Crippen molar-refractivity contribution in [2.75, 3.05) is 27.2 Å². The van der Waals surface area contributed by atoms with Crippen LogP contribution < -0.4 is 0 Å². The number of amides is 1. The first-order chi connectivity index (χ1) is 6.17. The number of carbonyl (C=O) groups excluding carboxylic acids is 1. The van der Waals surface area contributed by atoms with Crippen LogP contribution in [0.15, 0.2) is 0 Å². The topological polar surface area (TPSA) is 23.6 Å². The maximum atomic E-state index is 12.0. The van der Waals surface area contributed by atoms with E-state index in [2.05, 4.69) is 11.9 Å². The first-order valence-corrected chi connectivity index (χ1v) is 5.14. The summed E-state index contributed by atoms with van der Waals surface area (Å²) in [6.45, 7) is 2.02. The predicted octanol–water partition coefficient (Wildman–Crippen LogP) is 0.703. The molecule has 0 aromatic heterocycles. The van der Waals surface area contributed by atoms with Gasteiger partial charge in [-0.3, -0.25) is 9.69 Å². The largest absolute Gasteiger partial charge is 0.344 e. The molecule has 13 heavy (non-hydrogen) atoms. The van der Waals surface area contributed by atoms with Crippen molar-refractivity contribution in [2.45, 2.75) is 31.2 Å². The van der Waals surface area contributed by atoms with E-state index in [-0.39, 0.29) is 5.54 Å². The molecule has 0 N–H and O–H groups in total. The zero-order valence-electron chi connectivity index (χ0n) is 8.55. The van der Waals surface area contributed by atoms with E-state index >= 15 is 0 Å². The highest BCUT2D eigenvalue weighted by atomic mass is 16.2. The lowest BCUT2D eigenvalue weighted by Gasteiger charge is -2.40. The molecule has 0 bridgehead atoms. The van der Waals surface area contributed by atoms with Crippen LogP contribution in [0, 0.1) is 0 Å². The molecule has 2 heterocycles. The van der Waals surface area contributed by atoms with Gasteiger partial charge in [0.2, 0.25) is 5.91 Å². The Kier molecular flexibility index (Phi) is 2.06. The number of nitrogens with zero attached hydrogens (tertiary/aromatic N) is 2. The van der Waals surface area contributed by atoms with Gasteiger partial charge < -0.3 is 4.90 Å². The van der Waals surface area contributed by atoms with Crippen LogP contribution >= 0.6 is 0 Å². The van der Waals surface area contributed by atoms with Gasteiger partial charge in [-0.1, -0.05) is 0 Å². The van der Waals surface area contributed by atoms with Gasteiger partial charge in [0.25, 0.3) is 0 Å². The molecule has 0 aliphatic carbocycles. The molecule has 3 nitrogen and oxygen atoms in total. The smallest absolute Gasteiger partial charge is 0.242 e. The SMILES string of the molecule is CN1CCC2(CCCCN2C)C1=O. The Balaban J connectivity index is 2.23. The highest BCUT2D eigenvalue weighted by Gasteiger charge is 2.48. The van der Waals surface area contributed by atoms with Crippen LogP contribution in [0.25, 0.3) is 0 Å². The van der Waals surface area contributed by atoms with E-state index in [1.54, 1.807) is 0 Å². The van der Waals surface area contributed by atoms with Crippen molar-refractivity contribution in [3.8, 4) is 0 Å². The highest BCUT2D eigenvalue weighted by molar-refractivity contribution is 5.88. The van der Waals surface area contributed by atoms with Crippen molar-refractivity contribution in [1.82, 2.24) is 9.80 Å². The van der Waals surface area contributed by atoms with E-state index in [4.69, 9.17) is 0 Å². The minimum atomic E-state index is -0.118. The van der Waals surface area contributed by atoms with Gasteiger partial charge in [-0.15, -0.1) is 0 Å². The maximum absolute atomic E-state index is 12.0. The second-order valence-corrected chi connectivity index (χ2v) is 4.39. The minimum absolute atomic E-state index is 0.118. The molecule has 1 spiro atoms. The van der Waals surface area contributed by atoms with Crippen molar-refractivity contribution in [3.63, 3.8) is 0 Å². The first-order valence-electron chi connectivity index (χ1n) is 5.14. The van der Waals surface area contributed by atoms with Gasteiger partial charge in [0, 0.05) is 13.6 Å². The molecule has 2 fully saturated rings. The summed E-state index contributed by atoms with van der Waals surface area (Å²) in [6.07, 6.45) is 4.55. The zero-order valence-corrected chi connectivity index (χ0v) is 8.55. The second-order valence-electron chi connectivity index (χ2n) is 4.39. The summed E-state index contributed by atoms with van der Waals surface area (Å²) in [7, 11) is 4.01. The highest BCUT2D eigenvalue weighted by Crippen LogP contribution is 2.35. The summed E-state index contributed by atoms with van der Waals surface area (Å²) in [5.74, 6) is 0.342. The average molecular weight is 182 g/mol. The molecule has 0 saturated carbocycles. The van der Waals surface area contributed by atoms with E-state index in [1.165, 1.54) is 12.8 Å². The average Bonchev–Trinajstić information content (AvgIpc) is 2.40. The Morgan fingerprint density at radius 2 is 1.92 bits per heavy atom. The normalized spacial score (nSPS) is 36.2. The maximum Gasteiger partial charge on any atom is 0.242 e. The van der Waals surface area contributed by atoms with Gasteiger partial charge in [0.05, 0.1) is 0 Å². The van der Waals surface area contributed by atoms with Gasteiger partial charge in [-0.05, 0) is 39.3 Å². The zero-order chi connectivity index (χ0) is 9.47. The van der Waals surface area contributed by atoms with Gasteiger partial charge >= 0.3 is 0 Å². The van der Waals surface area contributed by atoms with E-state index in [0.717, 1.165) is 25.9 Å². The lowest BCUT2D eigenvalue weighted by molar-refractivity contribution is -0.138. The van der Waals surface area contributed by atoms with Crippen LogP contribution in [-0.2, 0) is 4.79 Å². The molecular weight excluding hydrogens is 164 g/mol. The van der Waals surface area contributed by atoms with Gasteiger partial charge in [0.15, 0.2) is 0 Å². The Hall–Kier alpha value is -0.570. The lowest BCUT2D eigenvalue weighted by Crippen LogP contribution is -2.54. The van der Waals surface area contributed by atoms with E-state index in [1.807, 2.05) is 11.9 Å². The van der Waals surface area contributed by atoms with Gasteiger partial charge in [-0.2, -0.15) is 0 Å². The Morgan fingerprint density at radius 1 is 1.15 bits per heavy atom. The fourth-order valence-electron chi connectivity index (χ4n) is 2.67. The van der Waals surface area contributed by atoms with Crippen molar-refractivity contribution in [1.29, 1.82) is 0 Å². The van der Waals surface area contributed by atoms with Crippen LogP contribution in [0.2, 0.25) is 0 Å². The molecule has 0 radical (unpaired) electrons. The first kappa shape index (κ1) is 9.00. The van der Waals surface area contributed by atoms with E-state index in [9.17, 15) is 4.79 Å². The fourth-order valence-corrected chi connectivity index (χ4v) is 2.67. The molecule has 74 valence electrons. The Labute approximate surface area is 79.7 Å². The number of piperidine rings is 1. The fraction of sp³-hybridized carbons (Fsp3) is 0.900. The number of likely N-dealkylation sites (N-methyl/N-ethyl adjacent to an activating group) is 2. The summed E-state index contributed by atoms with van der Waals surface area (Å²) >= 11 is 0. The van der Waals surface area contributed by atoms with Crippen molar-refractivity contribution in [2.24, 2.45) is 0 Å². The summed E-state index contributed by atoms with van der Waals surface area (Å²) < 4.78 is 0. The van der Waals surface area contributed by atoms with Crippen LogP contribution in [-0.4, -0.2) is 48.4 Å². The summed E-state index contributed by atoms with van der Waals surface area (Å²) in [5, 5.41) is 0. The number of hydrogen-bond donors (Lipinski definition) is 0. The van der Waals surface area contributed by atoms with E-state index < -0.39 is 0 Å². The van der Waals surface area contributed by atoms with Crippen LogP contribution in [0.1, 0.15) is 25.7 Å².